The largest absolute Gasteiger partial charge is 0.291 e. The molecule has 0 aromatic rings. The molecule has 0 saturated heterocycles. The van der Waals surface area contributed by atoms with Crippen LogP contribution in [0.25, 0.3) is 0 Å². The van der Waals surface area contributed by atoms with E-state index < -0.39 is 0 Å². The standard InChI is InChI=1S/C20H36O2/c1-2-3-4-5-6-7-8-9-10-11-12-13-14-15-16-20(19-22)17-18-21/h20H,2-17H2,1H3. The molecule has 0 heterocycles. The van der Waals surface area contributed by atoms with Crippen molar-refractivity contribution in [2.45, 2.75) is 110 Å². The number of hydrogen-bond acceptors (Lipinski definition) is 2. The van der Waals surface area contributed by atoms with Crippen molar-refractivity contribution in [2.75, 3.05) is 0 Å². The minimum Gasteiger partial charge on any atom is -0.291 e. The Labute approximate surface area is 138 Å². The summed E-state index contributed by atoms with van der Waals surface area (Å²) in [6.07, 6.45) is 23.5. The van der Waals surface area contributed by atoms with Gasteiger partial charge in [0.05, 0.1) is 0 Å². The smallest absolute Gasteiger partial charge is 0.202 e. The number of rotatable bonds is 18. The maximum absolute atomic E-state index is 10.6. The van der Waals surface area contributed by atoms with Crippen molar-refractivity contribution in [2.24, 2.45) is 5.92 Å². The van der Waals surface area contributed by atoms with Crippen LogP contribution in [0, 0.1) is 5.92 Å². The zero-order valence-electron chi connectivity index (χ0n) is 14.7. The molecule has 0 aromatic heterocycles. The van der Waals surface area contributed by atoms with E-state index in [4.69, 9.17) is 0 Å². The molecule has 0 saturated carbocycles. The molecule has 22 heavy (non-hydrogen) atoms. The first-order valence-corrected chi connectivity index (χ1v) is 9.57. The molecule has 2 heteroatoms. The first kappa shape index (κ1) is 21.3. The van der Waals surface area contributed by atoms with E-state index in [-0.39, 0.29) is 12.3 Å². The van der Waals surface area contributed by atoms with E-state index >= 15 is 0 Å². The van der Waals surface area contributed by atoms with E-state index in [0.717, 1.165) is 12.8 Å². The van der Waals surface area contributed by atoms with Crippen LogP contribution in [0.2, 0.25) is 0 Å². The molecule has 0 rings (SSSR count). The van der Waals surface area contributed by atoms with E-state index in [1.165, 1.54) is 83.5 Å². The van der Waals surface area contributed by atoms with E-state index in [2.05, 4.69) is 6.92 Å². The summed E-state index contributed by atoms with van der Waals surface area (Å²) in [4.78, 5) is 20.8. The fourth-order valence-corrected chi connectivity index (χ4v) is 2.89. The molecule has 2 radical (unpaired) electrons. The number of hydrogen-bond donors (Lipinski definition) is 0. The van der Waals surface area contributed by atoms with Gasteiger partial charge in [0.15, 0.2) is 6.29 Å². The lowest BCUT2D eigenvalue weighted by molar-refractivity contribution is 0.477. The molecule has 0 N–H and O–H groups in total. The van der Waals surface area contributed by atoms with E-state index in [1.54, 1.807) is 6.29 Å². The molecule has 0 aliphatic carbocycles. The molecule has 0 bridgehead atoms. The van der Waals surface area contributed by atoms with Gasteiger partial charge in [-0.1, -0.05) is 96.8 Å². The summed E-state index contributed by atoms with van der Waals surface area (Å²) in [6, 6.07) is 0. The lowest BCUT2D eigenvalue weighted by atomic mass is 9.99. The first-order chi connectivity index (χ1) is 10.8. The molecule has 0 aliphatic rings. The third-order valence-corrected chi connectivity index (χ3v) is 4.40. The lowest BCUT2D eigenvalue weighted by Gasteiger charge is -2.05. The van der Waals surface area contributed by atoms with Crippen molar-refractivity contribution in [1.29, 1.82) is 0 Å². The van der Waals surface area contributed by atoms with Crippen molar-refractivity contribution < 1.29 is 9.59 Å². The van der Waals surface area contributed by atoms with Crippen molar-refractivity contribution in [3.63, 3.8) is 0 Å². The molecule has 0 fully saturated rings. The Morgan fingerprint density at radius 2 is 1.05 bits per heavy atom. The van der Waals surface area contributed by atoms with Gasteiger partial charge in [-0.15, -0.1) is 0 Å². The Hall–Kier alpha value is -0.660. The Morgan fingerprint density at radius 3 is 1.41 bits per heavy atom. The second-order valence-corrected chi connectivity index (χ2v) is 6.55. The second kappa shape index (κ2) is 18.4. The third kappa shape index (κ3) is 15.7. The van der Waals surface area contributed by atoms with Gasteiger partial charge in [-0.05, 0) is 6.42 Å². The number of unbranched alkanes of at least 4 members (excludes halogenated alkanes) is 13. The summed E-state index contributed by atoms with van der Waals surface area (Å²) in [5, 5.41) is 0. The zero-order valence-corrected chi connectivity index (χ0v) is 14.7. The third-order valence-electron chi connectivity index (χ3n) is 4.40. The lowest BCUT2D eigenvalue weighted by Crippen LogP contribution is -2.02. The van der Waals surface area contributed by atoms with Crippen LogP contribution in [-0.4, -0.2) is 12.6 Å². The molecule has 1 atom stereocenters. The van der Waals surface area contributed by atoms with Crippen molar-refractivity contribution in [1.82, 2.24) is 0 Å². The van der Waals surface area contributed by atoms with Crippen molar-refractivity contribution in [3.05, 3.63) is 0 Å². The number of carbonyl (C=O) groups excluding carboxylic acids is 2. The van der Waals surface area contributed by atoms with E-state index in [9.17, 15) is 9.59 Å². The minimum atomic E-state index is -0.213. The van der Waals surface area contributed by atoms with Crippen LogP contribution in [0.15, 0.2) is 0 Å². The first-order valence-electron chi connectivity index (χ1n) is 9.57. The van der Waals surface area contributed by atoms with Crippen molar-refractivity contribution in [3.8, 4) is 0 Å². The summed E-state index contributed by atoms with van der Waals surface area (Å²) < 4.78 is 0. The Balaban J connectivity index is 3.11. The second-order valence-electron chi connectivity index (χ2n) is 6.55. The topological polar surface area (TPSA) is 34.1 Å². The van der Waals surface area contributed by atoms with Gasteiger partial charge in [0.2, 0.25) is 6.29 Å². The minimum absolute atomic E-state index is 0.213. The highest BCUT2D eigenvalue weighted by molar-refractivity contribution is 5.62. The van der Waals surface area contributed by atoms with Gasteiger partial charge in [0, 0.05) is 12.3 Å². The molecule has 0 aliphatic heterocycles. The van der Waals surface area contributed by atoms with Crippen LogP contribution in [-0.2, 0) is 9.59 Å². The van der Waals surface area contributed by atoms with Crippen LogP contribution in [0.4, 0.5) is 0 Å². The monoisotopic (exact) mass is 308 g/mol. The van der Waals surface area contributed by atoms with Gasteiger partial charge in [0.25, 0.3) is 0 Å². The van der Waals surface area contributed by atoms with Gasteiger partial charge in [-0.25, -0.2) is 0 Å². The predicted octanol–water partition coefficient (Wildman–Crippen LogP) is 6.08. The van der Waals surface area contributed by atoms with Crippen molar-refractivity contribution >= 4 is 12.6 Å². The van der Waals surface area contributed by atoms with E-state index in [0.29, 0.717) is 0 Å². The van der Waals surface area contributed by atoms with Crippen LogP contribution < -0.4 is 0 Å². The average molecular weight is 309 g/mol. The molecule has 0 aromatic carbocycles. The zero-order chi connectivity index (χ0) is 16.3. The highest BCUT2D eigenvalue weighted by Crippen LogP contribution is 2.15. The van der Waals surface area contributed by atoms with Gasteiger partial charge in [0.1, 0.15) is 0 Å². The van der Waals surface area contributed by atoms with Crippen LogP contribution in [0.3, 0.4) is 0 Å². The van der Waals surface area contributed by atoms with Gasteiger partial charge in [-0.2, -0.15) is 0 Å². The quantitative estimate of drug-likeness (QED) is 0.287. The van der Waals surface area contributed by atoms with E-state index in [1.807, 2.05) is 6.29 Å². The SMILES string of the molecule is CCCCCCCCCCCCCCCCC([C]=O)C[C]=O. The summed E-state index contributed by atoms with van der Waals surface area (Å²) in [6.45, 7) is 2.27. The fourth-order valence-electron chi connectivity index (χ4n) is 2.89. The molecular formula is C20H36O2. The average Bonchev–Trinajstić information content (AvgIpc) is 2.54. The van der Waals surface area contributed by atoms with Gasteiger partial charge < -0.3 is 0 Å². The summed E-state index contributed by atoms with van der Waals surface area (Å²) >= 11 is 0. The Kier molecular flexibility index (Phi) is 17.8. The summed E-state index contributed by atoms with van der Waals surface area (Å²) in [5.41, 5.74) is 0. The Bertz CT molecular complexity index is 238. The normalized spacial score (nSPS) is 12.2. The van der Waals surface area contributed by atoms with Crippen LogP contribution in [0.5, 0.6) is 0 Å². The van der Waals surface area contributed by atoms with Gasteiger partial charge >= 0.3 is 0 Å². The molecule has 2 nitrogen and oxygen atoms in total. The molecule has 0 spiro atoms. The Morgan fingerprint density at radius 1 is 0.636 bits per heavy atom. The molecule has 1 unspecified atom stereocenters. The summed E-state index contributed by atoms with van der Waals surface area (Å²) in [5.74, 6) is -0.213. The van der Waals surface area contributed by atoms with Crippen LogP contribution in [0.1, 0.15) is 110 Å². The maximum Gasteiger partial charge on any atom is 0.202 e. The highest BCUT2D eigenvalue weighted by atomic mass is 16.1. The molecule has 128 valence electrons. The molecular weight excluding hydrogens is 272 g/mol. The summed E-state index contributed by atoms with van der Waals surface area (Å²) in [7, 11) is 0. The highest BCUT2D eigenvalue weighted by Gasteiger charge is 2.07. The van der Waals surface area contributed by atoms with Crippen LogP contribution >= 0.6 is 0 Å². The van der Waals surface area contributed by atoms with Gasteiger partial charge in [-0.3, -0.25) is 9.59 Å². The predicted molar refractivity (Wildman–Crippen MR) is 94.4 cm³/mol. The molecule has 0 amide bonds. The fraction of sp³-hybridized carbons (Fsp3) is 0.900. The maximum atomic E-state index is 10.6.